The molecule has 0 bridgehead atoms. The fourth-order valence-corrected chi connectivity index (χ4v) is 2.22. The van der Waals surface area contributed by atoms with Crippen molar-refractivity contribution in [2.24, 2.45) is 5.92 Å². The summed E-state index contributed by atoms with van der Waals surface area (Å²) in [5, 5.41) is 20.3. The van der Waals surface area contributed by atoms with E-state index in [0.29, 0.717) is 22.5 Å². The molecule has 0 aliphatic rings. The monoisotopic (exact) mass is 351 g/mol. The summed E-state index contributed by atoms with van der Waals surface area (Å²) in [5.41, 5.74) is 0.992. The van der Waals surface area contributed by atoms with Crippen LogP contribution in [0, 0.1) is 11.3 Å². The number of aromatic nitrogens is 1. The number of nitrogens with zero attached hydrogens (tertiary/aromatic N) is 1. The molecule has 0 aliphatic carbocycles. The zero-order chi connectivity index (χ0) is 18.6. The first kappa shape index (κ1) is 18.9. The van der Waals surface area contributed by atoms with E-state index < -0.39 is 17.8 Å². The van der Waals surface area contributed by atoms with Gasteiger partial charge in [0.25, 0.3) is 0 Å². The lowest BCUT2D eigenvalue weighted by molar-refractivity contribution is -0.137. The molecule has 134 valence electrons. The highest BCUT2D eigenvalue weighted by molar-refractivity contribution is 5.85. The largest absolute Gasteiger partial charge is 0.416 e. The molecule has 0 fully saturated rings. The Morgan fingerprint density at radius 2 is 1.96 bits per heavy atom. The van der Waals surface area contributed by atoms with E-state index >= 15 is 0 Å². The van der Waals surface area contributed by atoms with Crippen molar-refractivity contribution in [2.75, 3.05) is 11.9 Å². The maximum atomic E-state index is 12.9. The standard InChI is InChI=1S/C18H20F3N3O/c1-11(2)17(25)10-24-15-7-13(9-23-16(15)8-22)12-4-3-5-14(6-12)18(19,20)21/h3-9,11,17,22,24-25H,10H2,1-2H3. The minimum atomic E-state index is -4.42. The summed E-state index contributed by atoms with van der Waals surface area (Å²) in [7, 11) is 0. The molecule has 1 aromatic carbocycles. The molecule has 1 aromatic heterocycles. The molecule has 2 rings (SSSR count). The predicted molar refractivity (Wildman–Crippen MR) is 91.9 cm³/mol. The second kappa shape index (κ2) is 7.65. The van der Waals surface area contributed by atoms with Crippen molar-refractivity contribution in [1.29, 1.82) is 5.41 Å². The second-order valence-corrected chi connectivity index (χ2v) is 6.07. The molecule has 1 atom stereocenters. The van der Waals surface area contributed by atoms with Crippen LogP contribution in [-0.4, -0.2) is 29.0 Å². The average Bonchev–Trinajstić information content (AvgIpc) is 2.58. The molecule has 1 unspecified atom stereocenters. The number of nitrogens with one attached hydrogen (secondary N) is 2. The molecular formula is C18H20F3N3O. The zero-order valence-corrected chi connectivity index (χ0v) is 13.9. The van der Waals surface area contributed by atoms with Crippen LogP contribution in [0.5, 0.6) is 0 Å². The molecule has 0 saturated carbocycles. The van der Waals surface area contributed by atoms with E-state index in [2.05, 4.69) is 10.3 Å². The third-order valence-electron chi connectivity index (χ3n) is 3.85. The Balaban J connectivity index is 2.34. The number of rotatable bonds is 6. The molecule has 7 heteroatoms. The van der Waals surface area contributed by atoms with Crippen molar-refractivity contribution < 1.29 is 18.3 Å². The van der Waals surface area contributed by atoms with Gasteiger partial charge in [-0.1, -0.05) is 26.0 Å². The zero-order valence-electron chi connectivity index (χ0n) is 13.9. The third-order valence-corrected chi connectivity index (χ3v) is 3.85. The number of alkyl halides is 3. The van der Waals surface area contributed by atoms with E-state index in [1.165, 1.54) is 12.3 Å². The number of anilines is 1. The molecule has 0 saturated heterocycles. The first-order chi connectivity index (χ1) is 11.7. The van der Waals surface area contributed by atoms with Crippen LogP contribution in [0.2, 0.25) is 0 Å². The van der Waals surface area contributed by atoms with Gasteiger partial charge in [-0.3, -0.25) is 4.98 Å². The normalized spacial score (nSPS) is 12.9. The molecular weight excluding hydrogens is 331 g/mol. The number of aliphatic hydroxyl groups excluding tert-OH is 1. The van der Waals surface area contributed by atoms with Crippen LogP contribution in [0.25, 0.3) is 11.1 Å². The van der Waals surface area contributed by atoms with Crippen LogP contribution in [0.3, 0.4) is 0 Å². The van der Waals surface area contributed by atoms with E-state index in [1.54, 1.807) is 12.1 Å². The predicted octanol–water partition coefficient (Wildman–Crippen LogP) is 4.19. The van der Waals surface area contributed by atoms with Gasteiger partial charge >= 0.3 is 6.18 Å². The number of aliphatic hydroxyl groups is 1. The van der Waals surface area contributed by atoms with Gasteiger partial charge < -0.3 is 15.8 Å². The fraction of sp³-hybridized carbons (Fsp3) is 0.333. The molecule has 3 N–H and O–H groups in total. The lowest BCUT2D eigenvalue weighted by atomic mass is 10.0. The number of hydrogen-bond donors (Lipinski definition) is 3. The van der Waals surface area contributed by atoms with Gasteiger partial charge in [0.1, 0.15) is 5.69 Å². The topological polar surface area (TPSA) is 69.0 Å². The highest BCUT2D eigenvalue weighted by atomic mass is 19.4. The lowest BCUT2D eigenvalue weighted by Crippen LogP contribution is -2.25. The second-order valence-electron chi connectivity index (χ2n) is 6.07. The van der Waals surface area contributed by atoms with Crippen molar-refractivity contribution in [3.8, 4) is 11.1 Å². The summed E-state index contributed by atoms with van der Waals surface area (Å²) >= 11 is 0. The fourth-order valence-electron chi connectivity index (χ4n) is 2.22. The van der Waals surface area contributed by atoms with Gasteiger partial charge in [0.05, 0.1) is 17.4 Å². The number of benzene rings is 1. The molecule has 4 nitrogen and oxygen atoms in total. The molecule has 0 aliphatic heterocycles. The van der Waals surface area contributed by atoms with Crippen molar-refractivity contribution >= 4 is 11.9 Å². The summed E-state index contributed by atoms with van der Waals surface area (Å²) < 4.78 is 38.6. The Morgan fingerprint density at radius 3 is 2.56 bits per heavy atom. The molecule has 25 heavy (non-hydrogen) atoms. The first-order valence-electron chi connectivity index (χ1n) is 7.82. The van der Waals surface area contributed by atoms with Gasteiger partial charge in [-0.25, -0.2) is 0 Å². The lowest BCUT2D eigenvalue weighted by Gasteiger charge is -2.17. The molecule has 0 amide bonds. The maximum Gasteiger partial charge on any atom is 0.416 e. The van der Waals surface area contributed by atoms with Crippen molar-refractivity contribution in [3.05, 3.63) is 47.8 Å². The third kappa shape index (κ3) is 4.79. The smallest absolute Gasteiger partial charge is 0.391 e. The van der Waals surface area contributed by atoms with E-state index in [4.69, 9.17) is 5.41 Å². The summed E-state index contributed by atoms with van der Waals surface area (Å²) in [5.74, 6) is 0.0514. The molecule has 0 spiro atoms. The molecule has 2 aromatic rings. The van der Waals surface area contributed by atoms with Gasteiger partial charge in [0.15, 0.2) is 0 Å². The van der Waals surface area contributed by atoms with E-state index in [-0.39, 0.29) is 12.5 Å². The quantitative estimate of drug-likeness (QED) is 0.684. The average molecular weight is 351 g/mol. The van der Waals surface area contributed by atoms with Gasteiger partial charge in [0.2, 0.25) is 0 Å². The number of hydrogen-bond acceptors (Lipinski definition) is 4. The summed E-state index contributed by atoms with van der Waals surface area (Å²) in [4.78, 5) is 4.12. The van der Waals surface area contributed by atoms with E-state index in [0.717, 1.165) is 18.3 Å². The SMILES string of the molecule is CC(C)C(O)CNc1cc(-c2cccc(C(F)(F)F)c2)cnc1C=N. The van der Waals surface area contributed by atoms with Gasteiger partial charge in [-0.05, 0) is 29.7 Å². The van der Waals surface area contributed by atoms with Gasteiger partial charge in [-0.15, -0.1) is 0 Å². The van der Waals surface area contributed by atoms with E-state index in [1.807, 2.05) is 13.8 Å². The Morgan fingerprint density at radius 1 is 1.24 bits per heavy atom. The Bertz CT molecular complexity index is 745. The minimum absolute atomic E-state index is 0.0514. The summed E-state index contributed by atoms with van der Waals surface area (Å²) in [6, 6.07) is 6.63. The van der Waals surface area contributed by atoms with Crippen LogP contribution in [-0.2, 0) is 6.18 Å². The van der Waals surface area contributed by atoms with Crippen molar-refractivity contribution in [3.63, 3.8) is 0 Å². The summed E-state index contributed by atoms with van der Waals surface area (Å²) in [6.45, 7) is 4.01. The minimum Gasteiger partial charge on any atom is -0.391 e. The van der Waals surface area contributed by atoms with Crippen LogP contribution < -0.4 is 5.32 Å². The van der Waals surface area contributed by atoms with Crippen LogP contribution in [0.15, 0.2) is 36.5 Å². The summed E-state index contributed by atoms with van der Waals surface area (Å²) in [6.07, 6.45) is -2.52. The van der Waals surface area contributed by atoms with E-state index in [9.17, 15) is 18.3 Å². The van der Waals surface area contributed by atoms with Crippen molar-refractivity contribution in [2.45, 2.75) is 26.1 Å². The molecule has 1 heterocycles. The van der Waals surface area contributed by atoms with Crippen LogP contribution >= 0.6 is 0 Å². The molecule has 0 radical (unpaired) electrons. The first-order valence-corrected chi connectivity index (χ1v) is 7.82. The van der Waals surface area contributed by atoms with Gasteiger partial charge in [0, 0.05) is 24.5 Å². The Labute approximate surface area is 144 Å². The highest BCUT2D eigenvalue weighted by Crippen LogP contribution is 2.32. The number of halogens is 3. The highest BCUT2D eigenvalue weighted by Gasteiger charge is 2.30. The number of pyridine rings is 1. The van der Waals surface area contributed by atoms with Crippen LogP contribution in [0.4, 0.5) is 18.9 Å². The Kier molecular flexibility index (Phi) is 5.79. The maximum absolute atomic E-state index is 12.9. The van der Waals surface area contributed by atoms with Crippen molar-refractivity contribution in [1.82, 2.24) is 4.98 Å². The van der Waals surface area contributed by atoms with Crippen LogP contribution in [0.1, 0.15) is 25.1 Å². The Hall–Kier alpha value is -2.41. The van der Waals surface area contributed by atoms with Gasteiger partial charge in [-0.2, -0.15) is 13.2 Å².